The van der Waals surface area contributed by atoms with Gasteiger partial charge in [0.15, 0.2) is 0 Å². The first-order chi connectivity index (χ1) is 7.79. The first kappa shape index (κ1) is 12.0. The van der Waals surface area contributed by atoms with Gasteiger partial charge in [-0.3, -0.25) is 0 Å². The van der Waals surface area contributed by atoms with Crippen LogP contribution in [-0.2, 0) is 6.54 Å². The number of hydrogen-bond donors (Lipinski definition) is 2. The molecule has 3 nitrogen and oxygen atoms in total. The van der Waals surface area contributed by atoms with Gasteiger partial charge in [-0.2, -0.15) is 0 Å². The van der Waals surface area contributed by atoms with E-state index in [4.69, 9.17) is 5.11 Å². The zero-order valence-electron chi connectivity index (χ0n) is 9.78. The van der Waals surface area contributed by atoms with Crippen LogP contribution in [0.25, 0.3) is 0 Å². The fraction of sp³-hybridized carbons (Fsp3) is 0.750. The fourth-order valence-corrected chi connectivity index (χ4v) is 2.69. The van der Waals surface area contributed by atoms with Crippen LogP contribution >= 0.6 is 11.3 Å². The van der Waals surface area contributed by atoms with Crippen molar-refractivity contribution in [2.24, 2.45) is 0 Å². The van der Waals surface area contributed by atoms with Crippen molar-refractivity contribution in [1.82, 2.24) is 10.3 Å². The molecule has 4 heteroatoms. The minimum Gasteiger partial charge on any atom is -0.396 e. The number of nitrogens with one attached hydrogen (secondary N) is 1. The normalized spacial score (nSPS) is 17.6. The van der Waals surface area contributed by atoms with E-state index in [1.807, 2.05) is 0 Å². The Balaban J connectivity index is 1.71. The van der Waals surface area contributed by atoms with E-state index in [0.717, 1.165) is 25.3 Å². The van der Waals surface area contributed by atoms with Crippen molar-refractivity contribution >= 4 is 11.3 Å². The van der Waals surface area contributed by atoms with Gasteiger partial charge in [0.05, 0.1) is 10.7 Å². The minimum absolute atomic E-state index is 0.286. The quantitative estimate of drug-likeness (QED) is 0.768. The Labute approximate surface area is 101 Å². The summed E-state index contributed by atoms with van der Waals surface area (Å²) >= 11 is 1.80. The number of aliphatic hydroxyl groups is 1. The largest absolute Gasteiger partial charge is 0.396 e. The Kier molecular flexibility index (Phi) is 4.32. The summed E-state index contributed by atoms with van der Waals surface area (Å²) in [6.07, 6.45) is 4.55. The SMILES string of the molecule is CC(CCCO)NCc1csc(C2CC2)n1. The molecule has 1 unspecified atom stereocenters. The molecule has 2 N–H and O–H groups in total. The van der Waals surface area contributed by atoms with Crippen molar-refractivity contribution in [3.8, 4) is 0 Å². The molecule has 1 aliphatic rings. The second-order valence-electron chi connectivity index (χ2n) is 4.60. The van der Waals surface area contributed by atoms with Gasteiger partial charge < -0.3 is 10.4 Å². The Bertz CT molecular complexity index is 323. The maximum Gasteiger partial charge on any atom is 0.0959 e. The third-order valence-electron chi connectivity index (χ3n) is 2.92. The van der Waals surface area contributed by atoms with E-state index in [1.165, 1.54) is 23.5 Å². The fourth-order valence-electron chi connectivity index (χ4n) is 1.70. The molecule has 1 aromatic heterocycles. The van der Waals surface area contributed by atoms with Crippen LogP contribution in [0.3, 0.4) is 0 Å². The van der Waals surface area contributed by atoms with E-state index in [9.17, 15) is 0 Å². The monoisotopic (exact) mass is 240 g/mol. The molecule has 2 rings (SSSR count). The molecule has 0 amide bonds. The summed E-state index contributed by atoms with van der Waals surface area (Å²) in [7, 11) is 0. The van der Waals surface area contributed by atoms with Crippen molar-refractivity contribution < 1.29 is 5.11 Å². The molecule has 1 atom stereocenters. The van der Waals surface area contributed by atoms with Crippen molar-refractivity contribution in [1.29, 1.82) is 0 Å². The highest BCUT2D eigenvalue weighted by atomic mass is 32.1. The van der Waals surface area contributed by atoms with Crippen LogP contribution < -0.4 is 5.32 Å². The van der Waals surface area contributed by atoms with Gasteiger partial charge in [0, 0.05) is 30.5 Å². The average molecular weight is 240 g/mol. The van der Waals surface area contributed by atoms with E-state index in [1.54, 1.807) is 11.3 Å². The second kappa shape index (κ2) is 5.75. The Morgan fingerprint density at radius 3 is 3.12 bits per heavy atom. The molecule has 1 fully saturated rings. The zero-order valence-corrected chi connectivity index (χ0v) is 10.6. The lowest BCUT2D eigenvalue weighted by Crippen LogP contribution is -2.25. The van der Waals surface area contributed by atoms with Gasteiger partial charge in [-0.1, -0.05) is 0 Å². The lowest BCUT2D eigenvalue weighted by molar-refractivity contribution is 0.276. The molecular weight excluding hydrogens is 220 g/mol. The van der Waals surface area contributed by atoms with Gasteiger partial charge in [-0.25, -0.2) is 4.98 Å². The minimum atomic E-state index is 0.286. The van der Waals surface area contributed by atoms with Gasteiger partial charge in [-0.15, -0.1) is 11.3 Å². The van der Waals surface area contributed by atoms with E-state index in [2.05, 4.69) is 22.6 Å². The van der Waals surface area contributed by atoms with Crippen molar-refractivity contribution in [3.05, 3.63) is 16.1 Å². The summed E-state index contributed by atoms with van der Waals surface area (Å²) in [6.45, 7) is 3.30. The van der Waals surface area contributed by atoms with E-state index in [-0.39, 0.29) is 6.61 Å². The van der Waals surface area contributed by atoms with Crippen LogP contribution in [0.15, 0.2) is 5.38 Å². The Hall–Kier alpha value is -0.450. The first-order valence-electron chi connectivity index (χ1n) is 6.08. The van der Waals surface area contributed by atoms with Crippen LogP contribution in [0.4, 0.5) is 0 Å². The number of nitrogens with zero attached hydrogens (tertiary/aromatic N) is 1. The summed E-state index contributed by atoms with van der Waals surface area (Å²) in [5.41, 5.74) is 1.17. The van der Waals surface area contributed by atoms with Crippen LogP contribution in [0.2, 0.25) is 0 Å². The lowest BCUT2D eigenvalue weighted by atomic mass is 10.2. The van der Waals surface area contributed by atoms with Crippen LogP contribution in [0.1, 0.15) is 49.2 Å². The van der Waals surface area contributed by atoms with Crippen LogP contribution in [0, 0.1) is 0 Å². The second-order valence-corrected chi connectivity index (χ2v) is 5.49. The molecule has 1 aliphatic carbocycles. The van der Waals surface area contributed by atoms with Gasteiger partial charge in [0.25, 0.3) is 0 Å². The highest BCUT2D eigenvalue weighted by molar-refractivity contribution is 7.09. The highest BCUT2D eigenvalue weighted by Crippen LogP contribution is 2.41. The van der Waals surface area contributed by atoms with Gasteiger partial charge in [0.2, 0.25) is 0 Å². The Morgan fingerprint density at radius 2 is 2.44 bits per heavy atom. The highest BCUT2D eigenvalue weighted by Gasteiger charge is 2.26. The maximum absolute atomic E-state index is 8.73. The van der Waals surface area contributed by atoms with Crippen molar-refractivity contribution in [2.45, 2.75) is 51.1 Å². The van der Waals surface area contributed by atoms with Crippen LogP contribution in [0.5, 0.6) is 0 Å². The summed E-state index contributed by atoms with van der Waals surface area (Å²) < 4.78 is 0. The molecule has 1 heterocycles. The maximum atomic E-state index is 8.73. The number of rotatable bonds is 7. The zero-order chi connectivity index (χ0) is 11.4. The number of aliphatic hydroxyl groups excluding tert-OH is 1. The molecule has 90 valence electrons. The lowest BCUT2D eigenvalue weighted by Gasteiger charge is -2.11. The molecule has 0 aromatic carbocycles. The molecule has 0 bridgehead atoms. The molecule has 0 aliphatic heterocycles. The van der Waals surface area contributed by atoms with E-state index in [0.29, 0.717) is 6.04 Å². The summed E-state index contributed by atoms with van der Waals surface area (Å²) in [5.74, 6) is 0.769. The summed E-state index contributed by atoms with van der Waals surface area (Å²) in [5, 5.41) is 15.7. The third kappa shape index (κ3) is 3.54. The third-order valence-corrected chi connectivity index (χ3v) is 3.98. The molecule has 1 saturated carbocycles. The summed E-state index contributed by atoms with van der Waals surface area (Å²) in [4.78, 5) is 4.63. The predicted octanol–water partition coefficient (Wildman–Crippen LogP) is 2.27. The number of thiazole rings is 1. The summed E-state index contributed by atoms with van der Waals surface area (Å²) in [6, 6.07) is 0.457. The number of aromatic nitrogens is 1. The van der Waals surface area contributed by atoms with Gasteiger partial charge >= 0.3 is 0 Å². The van der Waals surface area contributed by atoms with Gasteiger partial charge in [0.1, 0.15) is 0 Å². The predicted molar refractivity (Wildman–Crippen MR) is 66.7 cm³/mol. The van der Waals surface area contributed by atoms with Gasteiger partial charge in [-0.05, 0) is 32.6 Å². The first-order valence-corrected chi connectivity index (χ1v) is 6.96. The van der Waals surface area contributed by atoms with E-state index < -0.39 is 0 Å². The smallest absolute Gasteiger partial charge is 0.0959 e. The topological polar surface area (TPSA) is 45.1 Å². The molecule has 0 radical (unpaired) electrons. The van der Waals surface area contributed by atoms with Crippen molar-refractivity contribution in [3.63, 3.8) is 0 Å². The molecule has 0 saturated heterocycles. The van der Waals surface area contributed by atoms with E-state index >= 15 is 0 Å². The molecule has 16 heavy (non-hydrogen) atoms. The molecule has 1 aromatic rings. The Morgan fingerprint density at radius 1 is 1.62 bits per heavy atom. The number of hydrogen-bond acceptors (Lipinski definition) is 4. The molecule has 0 spiro atoms. The standard InChI is InChI=1S/C12H20N2OS/c1-9(3-2-6-15)13-7-11-8-16-12(14-11)10-4-5-10/h8-10,13,15H,2-7H2,1H3. The molecular formula is C12H20N2OS. The van der Waals surface area contributed by atoms with Crippen molar-refractivity contribution in [2.75, 3.05) is 6.61 Å². The van der Waals surface area contributed by atoms with Crippen LogP contribution in [-0.4, -0.2) is 22.7 Å². The average Bonchev–Trinajstić information content (AvgIpc) is 3.03.